The summed E-state index contributed by atoms with van der Waals surface area (Å²) in [7, 11) is 0. The zero-order valence-electron chi connectivity index (χ0n) is 16.9. The molecule has 2 bridgehead atoms. The topological polar surface area (TPSA) is 66.4 Å². The summed E-state index contributed by atoms with van der Waals surface area (Å²) in [5.74, 6) is -0.876. The number of benzene rings is 2. The molecular weight excluding hydrogens is 443 g/mol. The number of hydrogen-bond donors (Lipinski definition) is 3. The number of halogens is 4. The van der Waals surface area contributed by atoms with Crippen LogP contribution in [-0.4, -0.2) is 23.0 Å². The third-order valence-electron chi connectivity index (χ3n) is 6.55. The van der Waals surface area contributed by atoms with Crippen molar-refractivity contribution in [3.05, 3.63) is 70.0 Å². The maximum absolute atomic E-state index is 13.8. The smallest absolute Gasteiger partial charge is 0.418 e. The SMILES string of the molecule is O=C(Nc1ccc([NH+]2C3CCC2CC3)cc1C(F)(F)F)c1c[nH]c2ccccc2c1=O.[Cl-]. The maximum atomic E-state index is 13.8. The van der Waals surface area contributed by atoms with Crippen LogP contribution in [0.3, 0.4) is 0 Å². The largest absolute Gasteiger partial charge is 1.00 e. The van der Waals surface area contributed by atoms with Gasteiger partial charge in [-0.1, -0.05) is 12.1 Å². The highest BCUT2D eigenvalue weighted by molar-refractivity contribution is 6.06. The monoisotopic (exact) mass is 463 g/mol. The van der Waals surface area contributed by atoms with E-state index in [-0.39, 0.29) is 23.7 Å². The van der Waals surface area contributed by atoms with Gasteiger partial charge in [0.05, 0.1) is 23.3 Å². The van der Waals surface area contributed by atoms with E-state index in [1.165, 1.54) is 12.3 Å². The number of hydrogen-bond acceptors (Lipinski definition) is 2. The lowest BCUT2D eigenvalue weighted by Crippen LogP contribution is -3.10. The van der Waals surface area contributed by atoms with E-state index in [0.29, 0.717) is 28.7 Å². The Kier molecular flexibility index (Phi) is 5.77. The van der Waals surface area contributed by atoms with Crippen LogP contribution in [-0.2, 0) is 6.18 Å². The second-order valence-electron chi connectivity index (χ2n) is 8.29. The van der Waals surface area contributed by atoms with Crippen LogP contribution >= 0.6 is 0 Å². The van der Waals surface area contributed by atoms with Gasteiger partial charge in [-0.05, 0) is 18.2 Å². The number of pyridine rings is 1. The molecule has 1 amide bonds. The number of amides is 1. The standard InChI is InChI=1S/C23H20F3N3O2.ClH/c24-23(25,26)18-11-15(29-13-5-6-14(29)8-7-13)9-10-20(18)28-22(31)17-12-27-19-4-2-1-3-16(19)21(17)30;/h1-4,9-14H,5-8H2,(H,27,30)(H,28,31);1H. The Hall–Kier alpha value is -2.84. The Morgan fingerprint density at radius 2 is 1.69 bits per heavy atom. The highest BCUT2D eigenvalue weighted by Crippen LogP contribution is 2.37. The molecule has 0 spiro atoms. The van der Waals surface area contributed by atoms with Gasteiger partial charge in [-0.2, -0.15) is 13.2 Å². The number of nitrogens with one attached hydrogen (secondary N) is 3. The van der Waals surface area contributed by atoms with Crippen molar-refractivity contribution in [3.63, 3.8) is 0 Å². The molecular formula is C23H21ClF3N3O2. The molecule has 3 N–H and O–H groups in total. The summed E-state index contributed by atoms with van der Waals surface area (Å²) in [5.41, 5.74) is -0.852. The van der Waals surface area contributed by atoms with Crippen LogP contribution in [0, 0.1) is 0 Å². The number of para-hydroxylation sites is 1. The van der Waals surface area contributed by atoms with E-state index in [1.807, 2.05) is 0 Å². The number of carbonyl (C=O) groups is 1. The minimum atomic E-state index is -4.63. The van der Waals surface area contributed by atoms with Gasteiger partial charge in [-0.3, -0.25) is 14.5 Å². The number of fused-ring (bicyclic) bond motifs is 3. The van der Waals surface area contributed by atoms with Crippen molar-refractivity contribution in [2.24, 2.45) is 0 Å². The van der Waals surface area contributed by atoms with Crippen LogP contribution in [0.2, 0.25) is 0 Å². The van der Waals surface area contributed by atoms with Crippen molar-refractivity contribution in [2.45, 2.75) is 43.9 Å². The van der Waals surface area contributed by atoms with E-state index in [9.17, 15) is 22.8 Å². The molecule has 3 heterocycles. The average Bonchev–Trinajstić information content (AvgIpc) is 3.34. The fraction of sp³-hybridized carbons (Fsp3) is 0.304. The normalized spacial score (nSPS) is 22.0. The van der Waals surface area contributed by atoms with E-state index in [4.69, 9.17) is 0 Å². The van der Waals surface area contributed by atoms with Gasteiger partial charge in [0.1, 0.15) is 11.3 Å². The van der Waals surface area contributed by atoms with E-state index < -0.39 is 23.1 Å². The zero-order chi connectivity index (χ0) is 21.8. The van der Waals surface area contributed by atoms with Crippen LogP contribution < -0.4 is 28.1 Å². The third-order valence-corrected chi connectivity index (χ3v) is 6.55. The molecule has 2 fully saturated rings. The maximum Gasteiger partial charge on any atom is 0.418 e. The molecule has 5 nitrogen and oxygen atoms in total. The van der Waals surface area contributed by atoms with Crippen LogP contribution in [0.5, 0.6) is 0 Å². The number of quaternary nitrogens is 1. The van der Waals surface area contributed by atoms with Crippen molar-refractivity contribution >= 4 is 28.2 Å². The van der Waals surface area contributed by atoms with Crippen LogP contribution in [0.4, 0.5) is 24.5 Å². The number of anilines is 1. The van der Waals surface area contributed by atoms with Gasteiger partial charge in [0.2, 0.25) is 5.43 Å². The number of rotatable bonds is 3. The molecule has 0 aliphatic carbocycles. The first kappa shape index (κ1) is 22.4. The first-order valence-corrected chi connectivity index (χ1v) is 10.3. The Balaban J connectivity index is 0.00000245. The molecule has 5 rings (SSSR count). The summed E-state index contributed by atoms with van der Waals surface area (Å²) in [6, 6.07) is 11.5. The Morgan fingerprint density at radius 3 is 2.34 bits per heavy atom. The summed E-state index contributed by atoms with van der Waals surface area (Å²) in [6.45, 7) is 0. The van der Waals surface area contributed by atoms with Crippen molar-refractivity contribution in [1.29, 1.82) is 0 Å². The summed E-state index contributed by atoms with van der Waals surface area (Å²) in [5, 5.41) is 2.61. The molecule has 0 unspecified atom stereocenters. The zero-order valence-corrected chi connectivity index (χ0v) is 17.7. The highest BCUT2D eigenvalue weighted by Gasteiger charge is 2.45. The second-order valence-corrected chi connectivity index (χ2v) is 8.29. The fourth-order valence-corrected chi connectivity index (χ4v) is 5.11. The van der Waals surface area contributed by atoms with Gasteiger partial charge < -0.3 is 22.7 Å². The summed E-state index contributed by atoms with van der Waals surface area (Å²) in [6.07, 6.45) is 0.727. The number of H-pyrrole nitrogens is 1. The molecule has 168 valence electrons. The third kappa shape index (κ3) is 3.78. The van der Waals surface area contributed by atoms with Gasteiger partial charge in [0.15, 0.2) is 0 Å². The minimum absolute atomic E-state index is 0. The van der Waals surface area contributed by atoms with Gasteiger partial charge >= 0.3 is 6.18 Å². The fourth-order valence-electron chi connectivity index (χ4n) is 5.11. The average molecular weight is 464 g/mol. The summed E-state index contributed by atoms with van der Waals surface area (Å²) >= 11 is 0. The molecule has 0 atom stereocenters. The summed E-state index contributed by atoms with van der Waals surface area (Å²) in [4.78, 5) is 29.3. The number of alkyl halides is 3. The molecule has 2 aliphatic heterocycles. The molecule has 2 aromatic carbocycles. The Bertz CT molecular complexity index is 1220. The number of aromatic amines is 1. The van der Waals surface area contributed by atoms with Gasteiger partial charge in [-0.25, -0.2) is 0 Å². The molecule has 2 saturated heterocycles. The molecule has 0 radical (unpaired) electrons. The molecule has 2 aliphatic rings. The van der Waals surface area contributed by atoms with Crippen LogP contribution in [0.25, 0.3) is 10.9 Å². The quantitative estimate of drug-likeness (QED) is 0.534. The van der Waals surface area contributed by atoms with Crippen LogP contribution in [0.15, 0.2) is 53.5 Å². The Labute approximate surface area is 188 Å². The predicted molar refractivity (Wildman–Crippen MR) is 111 cm³/mol. The van der Waals surface area contributed by atoms with Crippen molar-refractivity contribution in [3.8, 4) is 0 Å². The van der Waals surface area contributed by atoms with E-state index in [0.717, 1.165) is 36.6 Å². The first-order valence-electron chi connectivity index (χ1n) is 10.3. The lowest BCUT2D eigenvalue weighted by atomic mass is 10.0. The van der Waals surface area contributed by atoms with Crippen molar-refractivity contribution in [2.75, 3.05) is 5.32 Å². The molecule has 3 aromatic rings. The lowest BCUT2D eigenvalue weighted by Gasteiger charge is -2.21. The number of aromatic nitrogens is 1. The molecule has 1 aromatic heterocycles. The van der Waals surface area contributed by atoms with E-state index in [1.54, 1.807) is 30.3 Å². The van der Waals surface area contributed by atoms with Gasteiger partial charge in [0.25, 0.3) is 5.91 Å². The Morgan fingerprint density at radius 1 is 1.03 bits per heavy atom. The number of carbonyl (C=O) groups excluding carboxylic acids is 1. The van der Waals surface area contributed by atoms with Crippen molar-refractivity contribution < 1.29 is 35.3 Å². The summed E-state index contributed by atoms with van der Waals surface area (Å²) < 4.78 is 41.5. The van der Waals surface area contributed by atoms with Crippen molar-refractivity contribution in [1.82, 2.24) is 4.98 Å². The first-order chi connectivity index (χ1) is 14.8. The van der Waals surface area contributed by atoms with Crippen LogP contribution in [0.1, 0.15) is 41.6 Å². The molecule has 9 heteroatoms. The minimum Gasteiger partial charge on any atom is -1.00 e. The second kappa shape index (κ2) is 8.26. The molecule has 32 heavy (non-hydrogen) atoms. The highest BCUT2D eigenvalue weighted by atomic mass is 35.5. The van der Waals surface area contributed by atoms with E-state index in [2.05, 4.69) is 10.3 Å². The van der Waals surface area contributed by atoms with Gasteiger partial charge in [-0.15, -0.1) is 0 Å². The lowest BCUT2D eigenvalue weighted by molar-refractivity contribution is -0.856. The van der Waals surface area contributed by atoms with Gasteiger partial charge in [0, 0.05) is 54.9 Å². The predicted octanol–water partition coefficient (Wildman–Crippen LogP) is 0.644. The molecule has 0 saturated carbocycles. The van der Waals surface area contributed by atoms with E-state index >= 15 is 0 Å².